The predicted octanol–water partition coefficient (Wildman–Crippen LogP) is 1.29. The highest BCUT2D eigenvalue weighted by Crippen LogP contribution is 2.10. The minimum absolute atomic E-state index is 0.0446. The van der Waals surface area contributed by atoms with E-state index in [4.69, 9.17) is 10.00 Å². The molecule has 114 valence electrons. The van der Waals surface area contributed by atoms with Crippen LogP contribution in [0.2, 0.25) is 0 Å². The normalized spacial score (nSPS) is 10.2. The number of hydrogen-bond donors (Lipinski definition) is 0. The van der Waals surface area contributed by atoms with E-state index in [1.54, 1.807) is 6.92 Å². The summed E-state index contributed by atoms with van der Waals surface area (Å²) < 4.78 is 7.91. The molecule has 0 saturated carbocycles. The number of nitrogens with zero attached hydrogens (tertiary/aromatic N) is 3. The molecule has 0 unspecified atom stereocenters. The van der Waals surface area contributed by atoms with Gasteiger partial charge in [-0.3, -0.25) is 13.9 Å². The van der Waals surface area contributed by atoms with E-state index in [1.165, 1.54) is 10.8 Å². The molecule has 1 heterocycles. The van der Waals surface area contributed by atoms with Crippen LogP contribution in [0.5, 0.6) is 5.75 Å². The molecule has 0 aliphatic heterocycles. The van der Waals surface area contributed by atoms with Gasteiger partial charge in [-0.25, -0.2) is 4.79 Å². The van der Waals surface area contributed by atoms with Crippen molar-refractivity contribution in [2.75, 3.05) is 6.61 Å². The summed E-state index contributed by atoms with van der Waals surface area (Å²) in [7, 11) is 0. The maximum Gasteiger partial charge on any atom is 0.331 e. The molecule has 6 nitrogen and oxygen atoms in total. The smallest absolute Gasteiger partial charge is 0.331 e. The van der Waals surface area contributed by atoms with Crippen LogP contribution in [0, 0.1) is 18.3 Å². The highest BCUT2D eigenvalue weighted by Gasteiger charge is 2.10. The van der Waals surface area contributed by atoms with Crippen LogP contribution in [0.3, 0.4) is 0 Å². The fourth-order valence-corrected chi connectivity index (χ4v) is 2.04. The molecular formula is C16H17N3O3. The molecule has 2 rings (SSSR count). The second-order valence-electron chi connectivity index (χ2n) is 4.84. The number of benzene rings is 1. The second kappa shape index (κ2) is 6.76. The van der Waals surface area contributed by atoms with Crippen LogP contribution < -0.4 is 16.0 Å². The third-order valence-corrected chi connectivity index (χ3v) is 3.30. The number of hydrogen-bond acceptors (Lipinski definition) is 4. The van der Waals surface area contributed by atoms with Gasteiger partial charge in [0.2, 0.25) is 0 Å². The van der Waals surface area contributed by atoms with Crippen molar-refractivity contribution in [2.45, 2.75) is 26.9 Å². The van der Waals surface area contributed by atoms with Gasteiger partial charge in [0.05, 0.1) is 6.54 Å². The van der Waals surface area contributed by atoms with Crippen LogP contribution in [0.4, 0.5) is 0 Å². The Morgan fingerprint density at radius 1 is 1.23 bits per heavy atom. The molecule has 0 fully saturated rings. The van der Waals surface area contributed by atoms with Gasteiger partial charge in [-0.05, 0) is 26.0 Å². The van der Waals surface area contributed by atoms with Gasteiger partial charge in [-0.2, -0.15) is 5.26 Å². The number of aromatic nitrogens is 2. The van der Waals surface area contributed by atoms with E-state index >= 15 is 0 Å². The van der Waals surface area contributed by atoms with Gasteiger partial charge >= 0.3 is 5.69 Å². The highest BCUT2D eigenvalue weighted by atomic mass is 16.5. The molecule has 0 amide bonds. The molecule has 0 radical (unpaired) electrons. The summed E-state index contributed by atoms with van der Waals surface area (Å²) in [6.07, 6.45) is 1.29. The summed E-state index contributed by atoms with van der Waals surface area (Å²) in [5.74, 6) is 0.672. The van der Waals surface area contributed by atoms with Crippen LogP contribution in [-0.4, -0.2) is 15.7 Å². The van der Waals surface area contributed by atoms with E-state index in [0.717, 1.165) is 10.1 Å². The fraction of sp³-hybridized carbons (Fsp3) is 0.312. The van der Waals surface area contributed by atoms with Crippen molar-refractivity contribution >= 4 is 0 Å². The standard InChI is InChI=1S/C16H17N3O3/c1-3-18-11-13(10-17)15(20)19(16(18)21)8-9-22-14-6-4-12(2)5-7-14/h4-7,11H,3,8-9H2,1-2H3. The molecule has 22 heavy (non-hydrogen) atoms. The Labute approximate surface area is 127 Å². The quantitative estimate of drug-likeness (QED) is 0.833. The Morgan fingerprint density at radius 3 is 2.50 bits per heavy atom. The lowest BCUT2D eigenvalue weighted by Crippen LogP contribution is -2.41. The van der Waals surface area contributed by atoms with Crippen LogP contribution in [-0.2, 0) is 13.1 Å². The van der Waals surface area contributed by atoms with E-state index in [2.05, 4.69) is 0 Å². The first-order valence-corrected chi connectivity index (χ1v) is 7.00. The molecule has 2 aromatic rings. The molecule has 1 aromatic heterocycles. The van der Waals surface area contributed by atoms with Crippen molar-refractivity contribution in [2.24, 2.45) is 0 Å². The third-order valence-electron chi connectivity index (χ3n) is 3.30. The summed E-state index contributed by atoms with van der Waals surface area (Å²) in [4.78, 5) is 24.2. The molecule has 0 saturated heterocycles. The summed E-state index contributed by atoms with van der Waals surface area (Å²) >= 11 is 0. The third kappa shape index (κ3) is 3.26. The molecule has 0 spiro atoms. The Morgan fingerprint density at radius 2 is 1.91 bits per heavy atom. The lowest BCUT2D eigenvalue weighted by molar-refractivity contribution is 0.291. The Balaban J connectivity index is 2.19. The van der Waals surface area contributed by atoms with Gasteiger partial charge < -0.3 is 4.74 Å². The Bertz CT molecular complexity index is 811. The van der Waals surface area contributed by atoms with Crippen molar-refractivity contribution in [3.8, 4) is 11.8 Å². The van der Waals surface area contributed by atoms with E-state index < -0.39 is 11.2 Å². The van der Waals surface area contributed by atoms with Crippen LogP contribution in [0.15, 0.2) is 40.1 Å². The number of rotatable bonds is 5. The first-order valence-electron chi connectivity index (χ1n) is 7.00. The van der Waals surface area contributed by atoms with E-state index in [-0.39, 0.29) is 18.7 Å². The van der Waals surface area contributed by atoms with Crippen LogP contribution >= 0.6 is 0 Å². The maximum atomic E-state index is 12.1. The molecule has 0 atom stereocenters. The predicted molar refractivity (Wildman–Crippen MR) is 82.0 cm³/mol. The van der Waals surface area contributed by atoms with Gasteiger partial charge in [0.25, 0.3) is 5.56 Å². The van der Waals surface area contributed by atoms with Gasteiger partial charge in [-0.1, -0.05) is 17.7 Å². The Hall–Kier alpha value is -2.81. The summed E-state index contributed by atoms with van der Waals surface area (Å²) in [5.41, 5.74) is 0.0663. The van der Waals surface area contributed by atoms with Gasteiger partial charge in [0.1, 0.15) is 24.0 Å². The first-order chi connectivity index (χ1) is 10.6. The number of aryl methyl sites for hydroxylation is 2. The summed E-state index contributed by atoms with van der Waals surface area (Å²) in [6, 6.07) is 9.31. The van der Waals surface area contributed by atoms with Gasteiger partial charge in [0, 0.05) is 12.7 Å². The fourth-order valence-electron chi connectivity index (χ4n) is 2.04. The highest BCUT2D eigenvalue weighted by molar-refractivity contribution is 5.26. The average molecular weight is 299 g/mol. The van der Waals surface area contributed by atoms with E-state index in [9.17, 15) is 9.59 Å². The minimum Gasteiger partial charge on any atom is -0.492 e. The second-order valence-corrected chi connectivity index (χ2v) is 4.84. The SMILES string of the molecule is CCn1cc(C#N)c(=O)n(CCOc2ccc(C)cc2)c1=O. The maximum absolute atomic E-state index is 12.1. The minimum atomic E-state index is -0.579. The van der Waals surface area contributed by atoms with E-state index in [0.29, 0.717) is 12.3 Å². The molecule has 0 N–H and O–H groups in total. The topological polar surface area (TPSA) is 77.0 Å². The lowest BCUT2D eigenvalue weighted by Gasteiger charge is -2.10. The zero-order valence-corrected chi connectivity index (χ0v) is 12.6. The van der Waals surface area contributed by atoms with Gasteiger partial charge in [-0.15, -0.1) is 0 Å². The van der Waals surface area contributed by atoms with Crippen molar-refractivity contribution in [1.82, 2.24) is 9.13 Å². The zero-order valence-electron chi connectivity index (χ0n) is 12.6. The molecular weight excluding hydrogens is 282 g/mol. The van der Waals surface area contributed by atoms with Crippen molar-refractivity contribution in [3.63, 3.8) is 0 Å². The van der Waals surface area contributed by atoms with Crippen LogP contribution in [0.1, 0.15) is 18.1 Å². The molecule has 0 aliphatic carbocycles. The summed E-state index contributed by atoms with van der Waals surface area (Å²) in [6.45, 7) is 4.43. The largest absolute Gasteiger partial charge is 0.492 e. The van der Waals surface area contributed by atoms with Crippen molar-refractivity contribution in [3.05, 3.63) is 62.4 Å². The van der Waals surface area contributed by atoms with Gasteiger partial charge in [0.15, 0.2) is 0 Å². The molecule has 6 heteroatoms. The average Bonchev–Trinajstić information content (AvgIpc) is 2.52. The van der Waals surface area contributed by atoms with Crippen molar-refractivity contribution < 1.29 is 4.74 Å². The molecule has 1 aromatic carbocycles. The molecule has 0 bridgehead atoms. The Kier molecular flexibility index (Phi) is 4.79. The van der Waals surface area contributed by atoms with Crippen molar-refractivity contribution in [1.29, 1.82) is 5.26 Å². The summed E-state index contributed by atoms with van der Waals surface area (Å²) in [5, 5.41) is 8.97. The number of ether oxygens (including phenoxy) is 1. The monoisotopic (exact) mass is 299 g/mol. The number of nitriles is 1. The zero-order chi connectivity index (χ0) is 16.1. The molecule has 0 aliphatic rings. The first kappa shape index (κ1) is 15.6. The van der Waals surface area contributed by atoms with Crippen LogP contribution in [0.25, 0.3) is 0 Å². The lowest BCUT2D eigenvalue weighted by atomic mass is 10.2. The van der Waals surface area contributed by atoms with E-state index in [1.807, 2.05) is 37.3 Å².